The fourth-order valence-corrected chi connectivity index (χ4v) is 3.14. The predicted molar refractivity (Wildman–Crippen MR) is 73.5 cm³/mol. The molecule has 1 aromatic heterocycles. The molecule has 1 aliphatic rings. The molecule has 0 saturated carbocycles. The van der Waals surface area contributed by atoms with E-state index in [1.54, 1.807) is 18.8 Å². The molecule has 0 atom stereocenters. The van der Waals surface area contributed by atoms with Gasteiger partial charge in [0.25, 0.3) is 0 Å². The first kappa shape index (κ1) is 11.1. The molecule has 2 aromatic rings. The second-order valence-electron chi connectivity index (χ2n) is 4.04. The fraction of sp³-hybridized carbons (Fsp3) is 0.143. The Hall–Kier alpha value is -1.99. The van der Waals surface area contributed by atoms with Crippen molar-refractivity contribution in [3.63, 3.8) is 0 Å². The van der Waals surface area contributed by atoms with Crippen molar-refractivity contribution in [1.82, 2.24) is 4.98 Å². The van der Waals surface area contributed by atoms with E-state index in [2.05, 4.69) is 28.5 Å². The Kier molecular flexibility index (Phi) is 2.69. The predicted octanol–water partition coefficient (Wildman–Crippen LogP) is 3.27. The molecule has 1 aliphatic heterocycles. The van der Waals surface area contributed by atoms with Crippen LogP contribution in [0.15, 0.2) is 35.2 Å². The van der Waals surface area contributed by atoms with Crippen LogP contribution >= 0.6 is 11.8 Å². The lowest BCUT2D eigenvalue weighted by atomic mass is 10.0. The maximum absolute atomic E-state index is 9.11. The SMILES string of the molecule is CNc1nc2c(cc1C#N)CSc1ccccc1-2. The third-order valence-corrected chi connectivity index (χ3v) is 4.11. The first-order valence-corrected chi connectivity index (χ1v) is 6.66. The number of hydrogen-bond donors (Lipinski definition) is 1. The highest BCUT2D eigenvalue weighted by atomic mass is 32.2. The number of nitriles is 1. The van der Waals surface area contributed by atoms with Gasteiger partial charge >= 0.3 is 0 Å². The first-order chi connectivity index (χ1) is 8.83. The molecule has 1 N–H and O–H groups in total. The molecule has 0 spiro atoms. The Bertz CT molecular complexity index is 659. The van der Waals surface area contributed by atoms with Crippen LogP contribution in [0.3, 0.4) is 0 Å². The highest BCUT2D eigenvalue weighted by molar-refractivity contribution is 7.98. The van der Waals surface area contributed by atoms with E-state index in [1.165, 1.54) is 4.90 Å². The number of nitrogens with zero attached hydrogens (tertiary/aromatic N) is 2. The van der Waals surface area contributed by atoms with Gasteiger partial charge in [-0.25, -0.2) is 4.98 Å². The molecule has 4 heteroatoms. The van der Waals surface area contributed by atoms with E-state index >= 15 is 0 Å². The molecule has 3 nitrogen and oxygen atoms in total. The van der Waals surface area contributed by atoms with E-state index < -0.39 is 0 Å². The summed E-state index contributed by atoms with van der Waals surface area (Å²) in [6.45, 7) is 0. The summed E-state index contributed by atoms with van der Waals surface area (Å²) in [4.78, 5) is 5.85. The summed E-state index contributed by atoms with van der Waals surface area (Å²) in [5, 5.41) is 12.1. The topological polar surface area (TPSA) is 48.7 Å². The smallest absolute Gasteiger partial charge is 0.144 e. The van der Waals surface area contributed by atoms with E-state index in [4.69, 9.17) is 5.26 Å². The number of nitrogens with one attached hydrogen (secondary N) is 1. The number of fused-ring (bicyclic) bond motifs is 3. The highest BCUT2D eigenvalue weighted by Crippen LogP contribution is 2.41. The van der Waals surface area contributed by atoms with Crippen LogP contribution < -0.4 is 5.32 Å². The van der Waals surface area contributed by atoms with Crippen molar-refractivity contribution in [1.29, 1.82) is 5.26 Å². The molecule has 2 heterocycles. The summed E-state index contributed by atoms with van der Waals surface area (Å²) < 4.78 is 0. The number of aromatic nitrogens is 1. The molecular weight excluding hydrogens is 242 g/mol. The molecule has 0 amide bonds. The van der Waals surface area contributed by atoms with E-state index in [-0.39, 0.29) is 0 Å². The van der Waals surface area contributed by atoms with Crippen molar-refractivity contribution in [3.05, 3.63) is 41.5 Å². The zero-order valence-corrected chi connectivity index (χ0v) is 10.7. The largest absolute Gasteiger partial charge is 0.372 e. The highest BCUT2D eigenvalue weighted by Gasteiger charge is 2.19. The number of benzene rings is 1. The minimum atomic E-state index is 0.608. The summed E-state index contributed by atoms with van der Waals surface area (Å²) >= 11 is 1.79. The van der Waals surface area contributed by atoms with Crippen LogP contribution in [0.5, 0.6) is 0 Å². The van der Waals surface area contributed by atoms with Gasteiger partial charge in [-0.15, -0.1) is 11.8 Å². The molecule has 0 fully saturated rings. The average Bonchev–Trinajstić information content (AvgIpc) is 2.45. The molecule has 18 heavy (non-hydrogen) atoms. The third kappa shape index (κ3) is 1.64. The zero-order chi connectivity index (χ0) is 12.5. The molecule has 0 aliphatic carbocycles. The van der Waals surface area contributed by atoms with Gasteiger partial charge < -0.3 is 5.32 Å². The summed E-state index contributed by atoms with van der Waals surface area (Å²) in [5.74, 6) is 1.52. The molecule has 1 aromatic carbocycles. The van der Waals surface area contributed by atoms with Gasteiger partial charge in [-0.2, -0.15) is 5.26 Å². The van der Waals surface area contributed by atoms with Crippen LogP contribution in [0.1, 0.15) is 11.1 Å². The van der Waals surface area contributed by atoms with E-state index in [9.17, 15) is 0 Å². The Morgan fingerprint density at radius 2 is 2.22 bits per heavy atom. The summed E-state index contributed by atoms with van der Waals surface area (Å²) in [5.41, 5.74) is 3.89. The minimum absolute atomic E-state index is 0.608. The lowest BCUT2D eigenvalue weighted by molar-refractivity contribution is 1.18. The van der Waals surface area contributed by atoms with Gasteiger partial charge in [-0.3, -0.25) is 0 Å². The van der Waals surface area contributed by atoms with E-state index in [1.807, 2.05) is 18.2 Å². The van der Waals surface area contributed by atoms with Crippen LogP contribution in [0.2, 0.25) is 0 Å². The first-order valence-electron chi connectivity index (χ1n) is 5.67. The van der Waals surface area contributed by atoms with Crippen molar-refractivity contribution < 1.29 is 0 Å². The van der Waals surface area contributed by atoms with Gasteiger partial charge in [0.05, 0.1) is 11.3 Å². The molecule has 3 rings (SSSR count). The third-order valence-electron chi connectivity index (χ3n) is 2.98. The molecule has 0 saturated heterocycles. The lowest BCUT2D eigenvalue weighted by Crippen LogP contribution is -2.04. The van der Waals surface area contributed by atoms with Gasteiger partial charge in [0, 0.05) is 23.3 Å². The number of pyridine rings is 1. The Morgan fingerprint density at radius 1 is 1.39 bits per heavy atom. The normalized spacial score (nSPS) is 12.2. The van der Waals surface area contributed by atoms with Crippen molar-refractivity contribution in [2.75, 3.05) is 12.4 Å². The molecule has 0 bridgehead atoms. The minimum Gasteiger partial charge on any atom is -0.372 e. The van der Waals surface area contributed by atoms with E-state index in [0.29, 0.717) is 11.4 Å². The second-order valence-corrected chi connectivity index (χ2v) is 5.06. The average molecular weight is 253 g/mol. The number of hydrogen-bond acceptors (Lipinski definition) is 4. The van der Waals surface area contributed by atoms with Gasteiger partial charge in [-0.1, -0.05) is 18.2 Å². The van der Waals surface area contributed by atoms with Crippen LogP contribution in [-0.4, -0.2) is 12.0 Å². The van der Waals surface area contributed by atoms with E-state index in [0.717, 1.165) is 22.6 Å². The number of anilines is 1. The maximum atomic E-state index is 9.11. The molecule has 88 valence electrons. The summed E-state index contributed by atoms with van der Waals surface area (Å²) in [6, 6.07) is 12.4. The number of rotatable bonds is 1. The van der Waals surface area contributed by atoms with Gasteiger partial charge in [0.2, 0.25) is 0 Å². The summed E-state index contributed by atoms with van der Waals surface area (Å²) in [7, 11) is 1.79. The molecular formula is C14H11N3S. The second kappa shape index (κ2) is 4.35. The van der Waals surface area contributed by atoms with Crippen LogP contribution in [0.4, 0.5) is 5.82 Å². The van der Waals surface area contributed by atoms with Crippen LogP contribution in [-0.2, 0) is 5.75 Å². The Balaban J connectivity index is 2.25. The fourth-order valence-electron chi connectivity index (χ4n) is 2.12. The van der Waals surface area contributed by atoms with Crippen molar-refractivity contribution in [2.45, 2.75) is 10.6 Å². The van der Waals surface area contributed by atoms with Crippen molar-refractivity contribution in [2.24, 2.45) is 0 Å². The van der Waals surface area contributed by atoms with Gasteiger partial charge in [-0.05, 0) is 17.7 Å². The van der Waals surface area contributed by atoms with Gasteiger partial charge in [0.15, 0.2) is 0 Å². The maximum Gasteiger partial charge on any atom is 0.144 e. The zero-order valence-electron chi connectivity index (χ0n) is 9.90. The monoisotopic (exact) mass is 253 g/mol. The number of thioether (sulfide) groups is 1. The quantitative estimate of drug-likeness (QED) is 0.847. The van der Waals surface area contributed by atoms with Crippen LogP contribution in [0, 0.1) is 11.3 Å². The van der Waals surface area contributed by atoms with Crippen molar-refractivity contribution in [3.8, 4) is 17.3 Å². The Morgan fingerprint density at radius 3 is 3.00 bits per heavy atom. The molecule has 0 unspecified atom stereocenters. The lowest BCUT2D eigenvalue weighted by Gasteiger charge is -2.19. The van der Waals surface area contributed by atoms with Crippen molar-refractivity contribution >= 4 is 17.6 Å². The standard InChI is InChI=1S/C14H11N3S/c1-16-14-9(7-15)6-10-8-18-12-5-3-2-4-11(12)13(10)17-14/h2-6H,8H2,1H3,(H,16,17). The summed E-state index contributed by atoms with van der Waals surface area (Å²) in [6.07, 6.45) is 0. The Labute approximate surface area is 110 Å². The van der Waals surface area contributed by atoms with Crippen LogP contribution in [0.25, 0.3) is 11.3 Å². The van der Waals surface area contributed by atoms with Gasteiger partial charge in [0.1, 0.15) is 11.9 Å². The molecule has 0 radical (unpaired) electrons.